The highest BCUT2D eigenvalue weighted by Crippen LogP contribution is 2.30. The molecule has 2 N–H and O–H groups in total. The standard InChI is InChI=1S/C18H16Cl2N4O.ClH/c1-10-3-5-12(8-15(10)20)16-22-17(24-18(23-16)25-2)13-7-11(9-21)4-6-14(13)19;/h3-8H,9,21H2,1-2H3;1H. The molecule has 2 aromatic carbocycles. The van der Waals surface area contributed by atoms with Crippen LogP contribution in [-0.2, 0) is 6.54 Å². The van der Waals surface area contributed by atoms with Gasteiger partial charge in [-0.3, -0.25) is 0 Å². The number of aryl methyl sites for hydroxylation is 1. The summed E-state index contributed by atoms with van der Waals surface area (Å²) in [7, 11) is 1.50. The van der Waals surface area contributed by atoms with Gasteiger partial charge in [-0.2, -0.15) is 9.97 Å². The predicted octanol–water partition coefficient (Wildman–Crippen LogP) is 4.71. The lowest BCUT2D eigenvalue weighted by atomic mass is 10.1. The summed E-state index contributed by atoms with van der Waals surface area (Å²) < 4.78 is 5.23. The molecule has 0 unspecified atom stereocenters. The highest BCUT2D eigenvalue weighted by atomic mass is 35.5. The molecule has 1 heterocycles. The molecular formula is C18H17Cl3N4O. The van der Waals surface area contributed by atoms with Crippen LogP contribution in [-0.4, -0.2) is 22.1 Å². The molecule has 26 heavy (non-hydrogen) atoms. The SMILES string of the molecule is COc1nc(-c2ccc(C)c(Cl)c2)nc(-c2cc(CN)ccc2Cl)n1.Cl. The van der Waals surface area contributed by atoms with Gasteiger partial charge in [0.1, 0.15) is 0 Å². The van der Waals surface area contributed by atoms with Crippen LogP contribution in [0.25, 0.3) is 22.8 Å². The number of rotatable bonds is 4. The first-order valence-electron chi connectivity index (χ1n) is 7.57. The van der Waals surface area contributed by atoms with Crippen molar-refractivity contribution in [2.24, 2.45) is 5.73 Å². The Morgan fingerprint density at radius 3 is 2.35 bits per heavy atom. The van der Waals surface area contributed by atoms with Crippen molar-refractivity contribution >= 4 is 35.6 Å². The van der Waals surface area contributed by atoms with Gasteiger partial charge in [0.05, 0.1) is 12.1 Å². The number of hydrogen-bond donors (Lipinski definition) is 1. The van der Waals surface area contributed by atoms with Crippen LogP contribution in [0, 0.1) is 6.92 Å². The summed E-state index contributed by atoms with van der Waals surface area (Å²) in [5.74, 6) is 0.872. The first kappa shape index (κ1) is 20.4. The second kappa shape index (κ2) is 8.64. The molecule has 0 aliphatic carbocycles. The van der Waals surface area contributed by atoms with Crippen LogP contribution >= 0.6 is 35.6 Å². The van der Waals surface area contributed by atoms with E-state index in [-0.39, 0.29) is 18.4 Å². The first-order valence-corrected chi connectivity index (χ1v) is 8.33. The molecule has 0 atom stereocenters. The van der Waals surface area contributed by atoms with Gasteiger partial charge < -0.3 is 10.5 Å². The van der Waals surface area contributed by atoms with E-state index in [1.807, 2.05) is 37.3 Å². The lowest BCUT2D eigenvalue weighted by Crippen LogP contribution is -2.02. The number of aromatic nitrogens is 3. The van der Waals surface area contributed by atoms with Gasteiger partial charge in [0.2, 0.25) is 0 Å². The maximum atomic E-state index is 6.32. The van der Waals surface area contributed by atoms with Crippen molar-refractivity contribution in [1.82, 2.24) is 15.0 Å². The zero-order chi connectivity index (χ0) is 18.0. The molecule has 0 bridgehead atoms. The Balaban J connectivity index is 0.00000243. The molecule has 5 nitrogen and oxygen atoms in total. The summed E-state index contributed by atoms with van der Waals surface area (Å²) in [5, 5.41) is 1.17. The maximum Gasteiger partial charge on any atom is 0.320 e. The fourth-order valence-electron chi connectivity index (χ4n) is 2.30. The van der Waals surface area contributed by atoms with E-state index in [9.17, 15) is 0 Å². The molecule has 0 aliphatic heterocycles. The lowest BCUT2D eigenvalue weighted by Gasteiger charge is -2.09. The highest BCUT2D eigenvalue weighted by molar-refractivity contribution is 6.33. The minimum Gasteiger partial charge on any atom is -0.467 e. The average Bonchev–Trinajstić information content (AvgIpc) is 2.64. The Hall–Kier alpha value is -1.92. The van der Waals surface area contributed by atoms with Crippen LogP contribution in [0.4, 0.5) is 0 Å². The number of benzene rings is 2. The van der Waals surface area contributed by atoms with E-state index in [2.05, 4.69) is 15.0 Å². The number of hydrogen-bond acceptors (Lipinski definition) is 5. The fourth-order valence-corrected chi connectivity index (χ4v) is 2.68. The normalized spacial score (nSPS) is 10.3. The van der Waals surface area contributed by atoms with E-state index in [0.717, 1.165) is 16.7 Å². The quantitative estimate of drug-likeness (QED) is 0.673. The van der Waals surface area contributed by atoms with Crippen molar-refractivity contribution in [3.05, 3.63) is 57.6 Å². The zero-order valence-electron chi connectivity index (χ0n) is 14.2. The molecule has 0 saturated carbocycles. The van der Waals surface area contributed by atoms with Crippen molar-refractivity contribution < 1.29 is 4.74 Å². The second-order valence-electron chi connectivity index (χ2n) is 5.45. The van der Waals surface area contributed by atoms with Crippen molar-refractivity contribution in [2.75, 3.05) is 7.11 Å². The van der Waals surface area contributed by atoms with E-state index in [0.29, 0.717) is 33.8 Å². The number of halogens is 3. The van der Waals surface area contributed by atoms with E-state index in [1.54, 1.807) is 6.07 Å². The van der Waals surface area contributed by atoms with Gasteiger partial charge in [-0.25, -0.2) is 4.98 Å². The molecule has 3 aromatic rings. The number of nitrogens with two attached hydrogens (primary N) is 1. The van der Waals surface area contributed by atoms with Crippen LogP contribution in [0.1, 0.15) is 11.1 Å². The third-order valence-electron chi connectivity index (χ3n) is 3.73. The van der Waals surface area contributed by atoms with Gasteiger partial charge in [-0.1, -0.05) is 41.4 Å². The Labute approximate surface area is 168 Å². The third-order valence-corrected chi connectivity index (χ3v) is 4.47. The van der Waals surface area contributed by atoms with Crippen LogP contribution in [0.3, 0.4) is 0 Å². The van der Waals surface area contributed by atoms with Gasteiger partial charge >= 0.3 is 6.01 Å². The Bertz CT molecular complexity index is 934. The smallest absolute Gasteiger partial charge is 0.320 e. The van der Waals surface area contributed by atoms with Gasteiger partial charge in [0, 0.05) is 22.7 Å². The topological polar surface area (TPSA) is 73.9 Å². The second-order valence-corrected chi connectivity index (χ2v) is 6.27. The molecule has 136 valence electrons. The summed E-state index contributed by atoms with van der Waals surface area (Å²) in [6.07, 6.45) is 0. The lowest BCUT2D eigenvalue weighted by molar-refractivity contribution is 0.379. The summed E-state index contributed by atoms with van der Waals surface area (Å²) in [6.45, 7) is 2.33. The highest BCUT2D eigenvalue weighted by Gasteiger charge is 2.14. The van der Waals surface area contributed by atoms with Crippen molar-refractivity contribution in [1.29, 1.82) is 0 Å². The third kappa shape index (κ3) is 4.24. The van der Waals surface area contributed by atoms with Gasteiger partial charge in [0.15, 0.2) is 11.6 Å². The Kier molecular flexibility index (Phi) is 6.78. The van der Waals surface area contributed by atoms with Crippen LogP contribution in [0.15, 0.2) is 36.4 Å². The molecule has 0 radical (unpaired) electrons. The molecule has 8 heteroatoms. The van der Waals surface area contributed by atoms with Crippen molar-refractivity contribution in [2.45, 2.75) is 13.5 Å². The molecule has 1 aromatic heterocycles. The van der Waals surface area contributed by atoms with E-state index in [4.69, 9.17) is 33.7 Å². The maximum absolute atomic E-state index is 6.32. The van der Waals surface area contributed by atoms with Crippen LogP contribution in [0.2, 0.25) is 10.0 Å². The molecule has 0 aliphatic rings. The van der Waals surface area contributed by atoms with Crippen molar-refractivity contribution in [3.8, 4) is 28.8 Å². The van der Waals surface area contributed by atoms with Gasteiger partial charge in [-0.15, -0.1) is 12.4 Å². The average molecular weight is 412 g/mol. The minimum atomic E-state index is 0. The monoisotopic (exact) mass is 410 g/mol. The molecule has 3 rings (SSSR count). The van der Waals surface area contributed by atoms with E-state index < -0.39 is 0 Å². The Morgan fingerprint density at radius 2 is 1.69 bits per heavy atom. The summed E-state index contributed by atoms with van der Waals surface area (Å²) in [5.41, 5.74) is 9.06. The minimum absolute atomic E-state index is 0. The first-order chi connectivity index (χ1) is 12.0. The fraction of sp³-hybridized carbons (Fsp3) is 0.167. The summed E-state index contributed by atoms with van der Waals surface area (Å²) >= 11 is 12.5. The molecule has 0 saturated heterocycles. The summed E-state index contributed by atoms with van der Waals surface area (Å²) in [6, 6.07) is 11.3. The number of ether oxygens (including phenoxy) is 1. The molecule has 0 fully saturated rings. The Morgan fingerprint density at radius 1 is 0.962 bits per heavy atom. The molecule has 0 amide bonds. The van der Waals surface area contributed by atoms with E-state index in [1.165, 1.54) is 7.11 Å². The zero-order valence-corrected chi connectivity index (χ0v) is 16.5. The van der Waals surface area contributed by atoms with Crippen LogP contribution < -0.4 is 10.5 Å². The predicted molar refractivity (Wildman–Crippen MR) is 107 cm³/mol. The largest absolute Gasteiger partial charge is 0.467 e. The van der Waals surface area contributed by atoms with Crippen molar-refractivity contribution in [3.63, 3.8) is 0 Å². The van der Waals surface area contributed by atoms with E-state index >= 15 is 0 Å². The van der Waals surface area contributed by atoms with Gasteiger partial charge in [0.25, 0.3) is 0 Å². The molecule has 0 spiro atoms. The number of methoxy groups -OCH3 is 1. The van der Waals surface area contributed by atoms with Gasteiger partial charge in [-0.05, 0) is 36.2 Å². The molecular weight excluding hydrogens is 395 g/mol. The summed E-state index contributed by atoms with van der Waals surface area (Å²) in [4.78, 5) is 13.2. The van der Waals surface area contributed by atoms with Crippen LogP contribution in [0.5, 0.6) is 6.01 Å². The number of nitrogens with zero attached hydrogens (tertiary/aromatic N) is 3.